The van der Waals surface area contributed by atoms with Crippen LogP contribution in [-0.2, 0) is 5.41 Å². The van der Waals surface area contributed by atoms with E-state index in [-0.39, 0.29) is 5.41 Å². The molecular formula is C25H17Br. The topological polar surface area (TPSA) is 0 Å². The van der Waals surface area contributed by atoms with Crippen LogP contribution < -0.4 is 0 Å². The lowest BCUT2D eigenvalue weighted by molar-refractivity contribution is 0.465. The van der Waals surface area contributed by atoms with Crippen molar-refractivity contribution in [2.45, 2.75) is 11.3 Å². The standard InChI is InChI=1S/C25H17Br/c26-23-15-7-14-22-24(23)18-10-3-6-13-21(18)25(22)19-11-4-1-8-16(19)17-9-2-5-12-20(17)25/h1-16,19H. The van der Waals surface area contributed by atoms with Crippen molar-refractivity contribution in [3.05, 3.63) is 118 Å². The Bertz CT molecular complexity index is 1120. The average molecular weight is 397 g/mol. The van der Waals surface area contributed by atoms with Crippen LogP contribution in [0.1, 0.15) is 28.2 Å². The van der Waals surface area contributed by atoms with Crippen LogP contribution in [0.3, 0.4) is 0 Å². The van der Waals surface area contributed by atoms with Gasteiger partial charge in [0.25, 0.3) is 0 Å². The van der Waals surface area contributed by atoms with Gasteiger partial charge in [0.1, 0.15) is 0 Å². The monoisotopic (exact) mass is 396 g/mol. The summed E-state index contributed by atoms with van der Waals surface area (Å²) in [6, 6.07) is 24.7. The largest absolute Gasteiger partial charge is 0.0789 e. The van der Waals surface area contributed by atoms with E-state index < -0.39 is 0 Å². The van der Waals surface area contributed by atoms with Crippen LogP contribution in [0.15, 0.2) is 95.5 Å². The zero-order valence-electron chi connectivity index (χ0n) is 14.2. The Morgan fingerprint density at radius 3 is 2.35 bits per heavy atom. The molecule has 3 unspecified atom stereocenters. The summed E-state index contributed by atoms with van der Waals surface area (Å²) in [4.78, 5) is 0. The highest BCUT2D eigenvalue weighted by Gasteiger charge is 2.57. The molecule has 6 rings (SSSR count). The molecule has 0 saturated heterocycles. The van der Waals surface area contributed by atoms with Crippen molar-refractivity contribution in [1.82, 2.24) is 0 Å². The van der Waals surface area contributed by atoms with Gasteiger partial charge in [-0.2, -0.15) is 0 Å². The van der Waals surface area contributed by atoms with E-state index in [0.29, 0.717) is 11.8 Å². The number of hydrogen-bond donors (Lipinski definition) is 0. The van der Waals surface area contributed by atoms with Gasteiger partial charge in [-0.05, 0) is 33.9 Å². The molecule has 0 bridgehead atoms. The molecule has 0 N–H and O–H groups in total. The summed E-state index contributed by atoms with van der Waals surface area (Å²) >= 11 is 3.84. The molecule has 0 aromatic heterocycles. The van der Waals surface area contributed by atoms with E-state index in [0.717, 1.165) is 0 Å². The van der Waals surface area contributed by atoms with Gasteiger partial charge in [0.15, 0.2) is 0 Å². The second-order valence-electron chi connectivity index (χ2n) is 7.42. The van der Waals surface area contributed by atoms with Crippen molar-refractivity contribution in [2.75, 3.05) is 0 Å². The molecule has 0 aliphatic heterocycles. The van der Waals surface area contributed by atoms with Crippen LogP contribution in [0.2, 0.25) is 0 Å². The highest BCUT2D eigenvalue weighted by Crippen LogP contribution is 2.65. The molecular weight excluding hydrogens is 380 g/mol. The molecule has 3 aliphatic rings. The van der Waals surface area contributed by atoms with E-state index >= 15 is 0 Å². The molecule has 3 aliphatic carbocycles. The third-order valence-electron chi connectivity index (χ3n) is 6.44. The Morgan fingerprint density at radius 1 is 0.692 bits per heavy atom. The fourth-order valence-corrected chi connectivity index (χ4v) is 6.19. The summed E-state index contributed by atoms with van der Waals surface area (Å²) in [5, 5.41) is 0. The lowest BCUT2D eigenvalue weighted by Gasteiger charge is -2.36. The molecule has 1 spiro atoms. The summed E-state index contributed by atoms with van der Waals surface area (Å²) in [6.45, 7) is 0. The Morgan fingerprint density at radius 2 is 1.42 bits per heavy atom. The van der Waals surface area contributed by atoms with Gasteiger partial charge >= 0.3 is 0 Å². The molecule has 26 heavy (non-hydrogen) atoms. The maximum atomic E-state index is 3.84. The smallest absolute Gasteiger partial charge is 0.0538 e. The molecule has 0 nitrogen and oxygen atoms in total. The summed E-state index contributed by atoms with van der Waals surface area (Å²) in [7, 11) is 0. The lowest BCUT2D eigenvalue weighted by atomic mass is 9.65. The van der Waals surface area contributed by atoms with Gasteiger partial charge in [0, 0.05) is 21.9 Å². The number of allylic oxidation sites excluding steroid dienone is 4. The highest BCUT2D eigenvalue weighted by atomic mass is 79.9. The first-order valence-corrected chi connectivity index (χ1v) is 9.96. The third-order valence-corrected chi connectivity index (χ3v) is 7.10. The fourth-order valence-electron chi connectivity index (χ4n) is 5.61. The predicted octanol–water partition coefficient (Wildman–Crippen LogP) is 6.60. The van der Waals surface area contributed by atoms with Gasteiger partial charge in [0.05, 0.1) is 5.41 Å². The Labute approximate surface area is 162 Å². The molecule has 0 radical (unpaired) electrons. The third kappa shape index (κ3) is 1.57. The number of halogens is 1. The van der Waals surface area contributed by atoms with Gasteiger partial charge in [-0.15, -0.1) is 0 Å². The van der Waals surface area contributed by atoms with Gasteiger partial charge in [-0.1, -0.05) is 101 Å². The summed E-state index contributed by atoms with van der Waals surface area (Å²) in [5.74, 6) is 0.857. The zero-order valence-corrected chi connectivity index (χ0v) is 15.8. The molecule has 3 aromatic carbocycles. The van der Waals surface area contributed by atoms with Crippen molar-refractivity contribution in [2.24, 2.45) is 5.92 Å². The van der Waals surface area contributed by atoms with Crippen molar-refractivity contribution >= 4 is 15.9 Å². The average Bonchev–Trinajstić information content (AvgIpc) is 3.16. The molecule has 1 heteroatoms. The molecule has 3 atom stereocenters. The maximum Gasteiger partial charge on any atom is 0.0538 e. The first-order chi connectivity index (χ1) is 12.8. The first-order valence-electron chi connectivity index (χ1n) is 9.17. The normalized spacial score (nSPS) is 26.5. The van der Waals surface area contributed by atoms with Gasteiger partial charge in [-0.25, -0.2) is 0 Å². The zero-order chi connectivity index (χ0) is 17.3. The number of fused-ring (bicyclic) bond motifs is 10. The van der Waals surface area contributed by atoms with Crippen LogP contribution in [0.25, 0.3) is 11.1 Å². The van der Waals surface area contributed by atoms with Gasteiger partial charge in [-0.3, -0.25) is 0 Å². The number of hydrogen-bond acceptors (Lipinski definition) is 0. The Kier molecular flexibility index (Phi) is 2.88. The van der Waals surface area contributed by atoms with Crippen LogP contribution in [0, 0.1) is 5.92 Å². The highest BCUT2D eigenvalue weighted by molar-refractivity contribution is 9.10. The van der Waals surface area contributed by atoms with Crippen molar-refractivity contribution < 1.29 is 0 Å². The van der Waals surface area contributed by atoms with E-state index in [1.54, 1.807) is 0 Å². The van der Waals surface area contributed by atoms with E-state index in [1.807, 2.05) is 0 Å². The van der Waals surface area contributed by atoms with Crippen LogP contribution in [-0.4, -0.2) is 0 Å². The lowest BCUT2D eigenvalue weighted by Crippen LogP contribution is -2.32. The van der Waals surface area contributed by atoms with E-state index in [2.05, 4.69) is 107 Å². The van der Waals surface area contributed by atoms with Crippen molar-refractivity contribution in [3.63, 3.8) is 0 Å². The minimum absolute atomic E-state index is 0.0990. The van der Waals surface area contributed by atoms with Gasteiger partial charge in [0.2, 0.25) is 0 Å². The molecule has 0 saturated carbocycles. The first kappa shape index (κ1) is 14.8. The molecule has 0 amide bonds. The predicted molar refractivity (Wildman–Crippen MR) is 110 cm³/mol. The summed E-state index contributed by atoms with van der Waals surface area (Å²) in [6.07, 6.45) is 9.25. The van der Waals surface area contributed by atoms with E-state index in [1.165, 1.54) is 37.9 Å². The van der Waals surface area contributed by atoms with E-state index in [9.17, 15) is 0 Å². The molecule has 124 valence electrons. The second-order valence-corrected chi connectivity index (χ2v) is 8.28. The van der Waals surface area contributed by atoms with Crippen molar-refractivity contribution in [1.29, 1.82) is 0 Å². The molecule has 0 heterocycles. The van der Waals surface area contributed by atoms with Crippen molar-refractivity contribution in [3.8, 4) is 11.1 Å². The quantitative estimate of drug-likeness (QED) is 0.401. The fraction of sp³-hybridized carbons (Fsp3) is 0.120. The Hall–Kier alpha value is -2.38. The molecule has 3 aromatic rings. The van der Waals surface area contributed by atoms with E-state index in [4.69, 9.17) is 0 Å². The minimum Gasteiger partial charge on any atom is -0.0789 e. The number of benzene rings is 3. The Balaban J connectivity index is 1.82. The minimum atomic E-state index is -0.0990. The second kappa shape index (κ2) is 5.08. The number of rotatable bonds is 0. The van der Waals surface area contributed by atoms with Crippen LogP contribution >= 0.6 is 15.9 Å². The van der Waals surface area contributed by atoms with Gasteiger partial charge < -0.3 is 0 Å². The molecule has 0 fully saturated rings. The maximum absolute atomic E-state index is 3.84. The SMILES string of the molecule is Brc1cccc2c1-c1ccccc1C21c2ccccc2C2C=CC=CC21. The van der Waals surface area contributed by atoms with Crippen LogP contribution in [0.5, 0.6) is 0 Å². The summed E-state index contributed by atoms with van der Waals surface area (Å²) in [5.41, 5.74) is 8.46. The van der Waals surface area contributed by atoms with Crippen LogP contribution in [0.4, 0.5) is 0 Å². The summed E-state index contributed by atoms with van der Waals surface area (Å²) < 4.78 is 1.19.